The van der Waals surface area contributed by atoms with E-state index in [0.29, 0.717) is 18.8 Å². The van der Waals surface area contributed by atoms with Gasteiger partial charge in [-0.05, 0) is 76.5 Å². The molecule has 0 saturated carbocycles. The second kappa shape index (κ2) is 13.6. The van der Waals surface area contributed by atoms with Gasteiger partial charge >= 0.3 is 18.2 Å². The number of benzene rings is 2. The van der Waals surface area contributed by atoms with Crippen LogP contribution < -0.4 is 20.9 Å². The third kappa shape index (κ3) is 9.29. The van der Waals surface area contributed by atoms with Crippen molar-refractivity contribution >= 4 is 29.1 Å². The van der Waals surface area contributed by atoms with Crippen LogP contribution in [0.1, 0.15) is 19.4 Å². The third-order valence-electron chi connectivity index (χ3n) is 5.49. The van der Waals surface area contributed by atoms with Crippen molar-refractivity contribution in [3.8, 4) is 0 Å². The van der Waals surface area contributed by atoms with Gasteiger partial charge in [0.1, 0.15) is 0 Å². The van der Waals surface area contributed by atoms with Crippen LogP contribution in [0.5, 0.6) is 0 Å². The summed E-state index contributed by atoms with van der Waals surface area (Å²) in [4.78, 5) is 30.8. The Hall–Kier alpha value is -3.47. The first kappa shape index (κ1) is 28.8. The highest BCUT2D eigenvalue weighted by Gasteiger charge is 2.30. The zero-order chi connectivity index (χ0) is 26.7. The summed E-state index contributed by atoms with van der Waals surface area (Å²) in [5.41, 5.74) is 1.18. The fraction of sp³-hybridized carbons (Fsp3) is 0.440. The van der Waals surface area contributed by atoms with Gasteiger partial charge in [-0.25, -0.2) is 9.59 Å². The van der Waals surface area contributed by atoms with E-state index < -0.39 is 17.8 Å². The fourth-order valence-electron chi connectivity index (χ4n) is 3.40. The van der Waals surface area contributed by atoms with E-state index in [1.807, 2.05) is 43.3 Å². The highest BCUT2D eigenvalue weighted by molar-refractivity contribution is 5.90. The van der Waals surface area contributed by atoms with Crippen LogP contribution in [0, 0.1) is 0 Å². The van der Waals surface area contributed by atoms with Crippen LogP contribution in [0.2, 0.25) is 0 Å². The molecule has 0 saturated heterocycles. The SMILES string of the molecule is CCN(CC)c1ccc(NC(=O)N(CCNC(=O)Nc2ccc(C(F)(F)F)cc2)CCN(C)C)cc1. The molecular weight excluding hydrogens is 473 g/mol. The molecule has 36 heavy (non-hydrogen) atoms. The lowest BCUT2D eigenvalue weighted by Gasteiger charge is -2.25. The number of halogens is 3. The van der Waals surface area contributed by atoms with E-state index in [1.165, 1.54) is 12.1 Å². The van der Waals surface area contributed by atoms with E-state index in [-0.39, 0.29) is 24.8 Å². The first-order valence-corrected chi connectivity index (χ1v) is 11.8. The van der Waals surface area contributed by atoms with Crippen LogP contribution in [0.3, 0.4) is 0 Å². The third-order valence-corrected chi connectivity index (χ3v) is 5.49. The number of likely N-dealkylation sites (N-methyl/N-ethyl adjacent to an activating group) is 1. The molecule has 3 N–H and O–H groups in total. The van der Waals surface area contributed by atoms with Crippen molar-refractivity contribution in [1.29, 1.82) is 0 Å². The lowest BCUT2D eigenvalue weighted by Crippen LogP contribution is -2.44. The molecule has 0 aliphatic carbocycles. The fourth-order valence-corrected chi connectivity index (χ4v) is 3.40. The van der Waals surface area contributed by atoms with Crippen LogP contribution in [0.4, 0.5) is 39.8 Å². The summed E-state index contributed by atoms with van der Waals surface area (Å²) >= 11 is 0. The molecule has 0 spiro atoms. The monoisotopic (exact) mass is 508 g/mol. The summed E-state index contributed by atoms with van der Waals surface area (Å²) in [7, 11) is 3.80. The highest BCUT2D eigenvalue weighted by atomic mass is 19.4. The first-order valence-electron chi connectivity index (χ1n) is 11.8. The largest absolute Gasteiger partial charge is 0.416 e. The molecule has 11 heteroatoms. The molecule has 0 aromatic heterocycles. The average molecular weight is 509 g/mol. The molecule has 2 aromatic carbocycles. The minimum Gasteiger partial charge on any atom is -0.372 e. The van der Waals surface area contributed by atoms with Crippen LogP contribution in [0.15, 0.2) is 48.5 Å². The number of nitrogens with one attached hydrogen (secondary N) is 3. The number of hydrogen-bond donors (Lipinski definition) is 3. The van der Waals surface area contributed by atoms with Gasteiger partial charge < -0.3 is 30.7 Å². The van der Waals surface area contributed by atoms with Gasteiger partial charge in [-0.2, -0.15) is 13.2 Å². The number of rotatable bonds is 11. The van der Waals surface area contributed by atoms with E-state index in [9.17, 15) is 22.8 Å². The Morgan fingerprint density at radius 2 is 1.36 bits per heavy atom. The number of amides is 4. The van der Waals surface area contributed by atoms with Crippen molar-refractivity contribution in [2.24, 2.45) is 0 Å². The number of anilines is 3. The zero-order valence-electron chi connectivity index (χ0n) is 21.2. The first-order chi connectivity index (χ1) is 17.0. The van der Waals surface area contributed by atoms with Gasteiger partial charge in [-0.1, -0.05) is 0 Å². The van der Waals surface area contributed by atoms with Crippen LogP contribution in [0.25, 0.3) is 0 Å². The second-order valence-electron chi connectivity index (χ2n) is 8.40. The summed E-state index contributed by atoms with van der Waals surface area (Å²) in [5.74, 6) is 0. The maximum absolute atomic E-state index is 12.9. The molecule has 4 amide bonds. The van der Waals surface area contributed by atoms with Crippen LogP contribution >= 0.6 is 0 Å². The number of alkyl halides is 3. The van der Waals surface area contributed by atoms with Gasteiger partial charge in [-0.3, -0.25) is 0 Å². The molecule has 198 valence electrons. The number of carbonyl (C=O) groups excluding carboxylic acids is 2. The van der Waals surface area contributed by atoms with Gasteiger partial charge in [0, 0.05) is 56.3 Å². The molecule has 0 aliphatic heterocycles. The van der Waals surface area contributed by atoms with E-state index >= 15 is 0 Å². The summed E-state index contributed by atoms with van der Waals surface area (Å²) in [6.45, 7) is 7.43. The van der Waals surface area contributed by atoms with Gasteiger partial charge in [0.05, 0.1) is 5.56 Å². The van der Waals surface area contributed by atoms with E-state index in [4.69, 9.17) is 0 Å². The molecule has 0 radical (unpaired) electrons. The quantitative estimate of drug-likeness (QED) is 0.409. The maximum Gasteiger partial charge on any atom is 0.416 e. The van der Waals surface area contributed by atoms with Crippen LogP contribution in [-0.2, 0) is 6.18 Å². The topological polar surface area (TPSA) is 80.0 Å². The number of urea groups is 2. The molecule has 0 atom stereocenters. The highest BCUT2D eigenvalue weighted by Crippen LogP contribution is 2.29. The lowest BCUT2D eigenvalue weighted by atomic mass is 10.2. The Morgan fingerprint density at radius 1 is 0.806 bits per heavy atom. The standard InChI is InChI=1S/C25H35F3N6O2/c1-5-33(6-2)22-13-11-21(12-14-22)31-24(36)34(18-17-32(3)4)16-15-29-23(35)30-20-9-7-19(8-10-20)25(26,27)28/h7-14H,5-6,15-18H2,1-4H3,(H,31,36)(H2,29,30,35). The van der Waals surface area contributed by atoms with Crippen molar-refractivity contribution < 1.29 is 22.8 Å². The molecule has 2 rings (SSSR count). The summed E-state index contributed by atoms with van der Waals surface area (Å²) < 4.78 is 38.0. The van der Waals surface area contributed by atoms with Crippen molar-refractivity contribution in [3.05, 3.63) is 54.1 Å². The maximum atomic E-state index is 12.9. The van der Waals surface area contributed by atoms with Gasteiger partial charge in [-0.15, -0.1) is 0 Å². The minimum absolute atomic E-state index is 0.161. The summed E-state index contributed by atoms with van der Waals surface area (Å²) in [5, 5.41) is 8.01. The predicted octanol–water partition coefficient (Wildman–Crippen LogP) is 4.77. The summed E-state index contributed by atoms with van der Waals surface area (Å²) in [6.07, 6.45) is -4.44. The van der Waals surface area contributed by atoms with Gasteiger partial charge in [0.2, 0.25) is 0 Å². The molecule has 8 nitrogen and oxygen atoms in total. The Bertz CT molecular complexity index is 961. The van der Waals surface area contributed by atoms with Crippen molar-refractivity contribution in [2.75, 3.05) is 68.9 Å². The molecular formula is C25H35F3N6O2. The van der Waals surface area contributed by atoms with Gasteiger partial charge in [0.25, 0.3) is 0 Å². The molecule has 0 fully saturated rings. The Kier molecular flexibility index (Phi) is 10.8. The number of nitrogens with zero attached hydrogens (tertiary/aromatic N) is 3. The molecule has 0 heterocycles. The normalized spacial score (nSPS) is 11.2. The van der Waals surface area contributed by atoms with E-state index in [1.54, 1.807) is 4.90 Å². The Morgan fingerprint density at radius 3 is 1.89 bits per heavy atom. The molecule has 0 unspecified atom stereocenters. The van der Waals surface area contributed by atoms with E-state index in [2.05, 4.69) is 34.7 Å². The summed E-state index contributed by atoms with van der Waals surface area (Å²) in [6, 6.07) is 10.9. The molecule has 0 bridgehead atoms. The second-order valence-corrected chi connectivity index (χ2v) is 8.40. The smallest absolute Gasteiger partial charge is 0.372 e. The van der Waals surface area contributed by atoms with Crippen molar-refractivity contribution in [1.82, 2.24) is 15.1 Å². The van der Waals surface area contributed by atoms with Gasteiger partial charge in [0.15, 0.2) is 0 Å². The lowest BCUT2D eigenvalue weighted by molar-refractivity contribution is -0.137. The predicted molar refractivity (Wildman–Crippen MR) is 138 cm³/mol. The van der Waals surface area contributed by atoms with Crippen LogP contribution in [-0.4, -0.2) is 75.2 Å². The minimum atomic E-state index is -4.44. The zero-order valence-corrected chi connectivity index (χ0v) is 21.2. The average Bonchev–Trinajstić information content (AvgIpc) is 2.82. The Labute approximate surface area is 210 Å². The Balaban J connectivity index is 1.91. The number of carbonyl (C=O) groups is 2. The molecule has 0 aliphatic rings. The van der Waals surface area contributed by atoms with Crippen molar-refractivity contribution in [3.63, 3.8) is 0 Å². The molecule has 2 aromatic rings. The van der Waals surface area contributed by atoms with Crippen molar-refractivity contribution in [2.45, 2.75) is 20.0 Å². The number of hydrogen-bond acceptors (Lipinski definition) is 4. The van der Waals surface area contributed by atoms with E-state index in [0.717, 1.165) is 30.9 Å².